The summed E-state index contributed by atoms with van der Waals surface area (Å²) in [5, 5.41) is 0. The normalized spacial score (nSPS) is 15.4. The van der Waals surface area contributed by atoms with Crippen LogP contribution in [0.15, 0.2) is 39.4 Å². The highest BCUT2D eigenvalue weighted by Gasteiger charge is 2.30. The van der Waals surface area contributed by atoms with Crippen LogP contribution in [0.2, 0.25) is 0 Å². The quantitative estimate of drug-likeness (QED) is 0.850. The van der Waals surface area contributed by atoms with Crippen LogP contribution in [0, 0.1) is 0 Å². The van der Waals surface area contributed by atoms with Crippen LogP contribution in [0.3, 0.4) is 0 Å². The van der Waals surface area contributed by atoms with Gasteiger partial charge in [0.25, 0.3) is 0 Å². The molecule has 2 aromatic heterocycles. The van der Waals surface area contributed by atoms with Crippen molar-refractivity contribution in [2.24, 2.45) is 5.73 Å². The second-order valence-corrected chi connectivity index (χ2v) is 4.79. The zero-order chi connectivity index (χ0) is 12.4. The van der Waals surface area contributed by atoms with Crippen molar-refractivity contribution in [2.45, 2.75) is 38.5 Å². The van der Waals surface area contributed by atoms with Crippen molar-refractivity contribution in [3.8, 4) is 0 Å². The van der Waals surface area contributed by atoms with E-state index in [1.54, 1.807) is 6.26 Å². The summed E-state index contributed by atoms with van der Waals surface area (Å²) in [5.74, 6) is 2.83. The minimum Gasteiger partial charge on any atom is -0.468 e. The predicted molar refractivity (Wildman–Crippen MR) is 67.6 cm³/mol. The van der Waals surface area contributed by atoms with Crippen LogP contribution in [0.1, 0.15) is 30.1 Å². The van der Waals surface area contributed by atoms with E-state index in [-0.39, 0.29) is 0 Å². The minimum atomic E-state index is 0.460. The summed E-state index contributed by atoms with van der Waals surface area (Å²) in [7, 11) is 0. The van der Waals surface area contributed by atoms with Gasteiger partial charge in [0.15, 0.2) is 0 Å². The smallest absolute Gasteiger partial charge is 0.118 e. The molecule has 1 aliphatic rings. The van der Waals surface area contributed by atoms with E-state index in [0.29, 0.717) is 12.6 Å². The Kier molecular flexibility index (Phi) is 3.21. The molecule has 0 spiro atoms. The van der Waals surface area contributed by atoms with E-state index < -0.39 is 0 Å². The average molecular weight is 246 g/mol. The number of nitrogens with zero attached hydrogens (tertiary/aromatic N) is 1. The van der Waals surface area contributed by atoms with E-state index in [0.717, 1.165) is 30.4 Å². The fourth-order valence-electron chi connectivity index (χ4n) is 2.17. The lowest BCUT2D eigenvalue weighted by atomic mass is 10.3. The third kappa shape index (κ3) is 2.66. The molecule has 4 nitrogen and oxygen atoms in total. The van der Waals surface area contributed by atoms with Crippen molar-refractivity contribution in [3.05, 3.63) is 47.8 Å². The molecule has 18 heavy (non-hydrogen) atoms. The van der Waals surface area contributed by atoms with Gasteiger partial charge in [0, 0.05) is 6.04 Å². The highest BCUT2D eigenvalue weighted by atomic mass is 16.3. The largest absolute Gasteiger partial charge is 0.468 e. The standard InChI is InChI=1S/C14H18N2O2/c15-8-12-5-6-14(18-12)10-16(11-3-4-11)9-13-2-1-7-17-13/h1-2,5-7,11H,3-4,8-10,15H2. The molecular weight excluding hydrogens is 228 g/mol. The van der Waals surface area contributed by atoms with Crippen molar-refractivity contribution in [1.29, 1.82) is 0 Å². The molecule has 1 aliphatic carbocycles. The van der Waals surface area contributed by atoms with Gasteiger partial charge in [-0.05, 0) is 37.1 Å². The van der Waals surface area contributed by atoms with E-state index in [2.05, 4.69) is 4.90 Å². The number of furan rings is 2. The Bertz CT molecular complexity index is 486. The summed E-state index contributed by atoms with van der Waals surface area (Å²) < 4.78 is 11.1. The first-order valence-corrected chi connectivity index (χ1v) is 6.39. The fraction of sp³-hybridized carbons (Fsp3) is 0.429. The first-order chi connectivity index (χ1) is 8.85. The first-order valence-electron chi connectivity index (χ1n) is 6.39. The van der Waals surface area contributed by atoms with Crippen LogP contribution in [0.4, 0.5) is 0 Å². The summed E-state index contributed by atoms with van der Waals surface area (Å²) in [4.78, 5) is 2.40. The van der Waals surface area contributed by atoms with E-state index in [1.165, 1.54) is 12.8 Å². The lowest BCUT2D eigenvalue weighted by Crippen LogP contribution is -2.24. The lowest BCUT2D eigenvalue weighted by molar-refractivity contribution is 0.206. The van der Waals surface area contributed by atoms with E-state index in [1.807, 2.05) is 24.3 Å². The Hall–Kier alpha value is -1.52. The molecule has 4 heteroatoms. The molecule has 1 fully saturated rings. The molecule has 2 N–H and O–H groups in total. The number of hydrogen-bond acceptors (Lipinski definition) is 4. The highest BCUT2D eigenvalue weighted by Crippen LogP contribution is 2.30. The van der Waals surface area contributed by atoms with Crippen molar-refractivity contribution in [2.75, 3.05) is 0 Å². The first kappa shape index (κ1) is 11.6. The van der Waals surface area contributed by atoms with Gasteiger partial charge >= 0.3 is 0 Å². The Morgan fingerprint density at radius 2 is 1.89 bits per heavy atom. The second kappa shape index (κ2) is 5.00. The summed E-state index contributed by atoms with van der Waals surface area (Å²) in [6, 6.07) is 8.58. The molecule has 3 rings (SSSR count). The van der Waals surface area contributed by atoms with Gasteiger partial charge in [-0.1, -0.05) is 0 Å². The molecule has 2 aromatic rings. The molecule has 0 unspecified atom stereocenters. The molecule has 0 bridgehead atoms. The highest BCUT2D eigenvalue weighted by molar-refractivity contribution is 5.08. The number of nitrogens with two attached hydrogens (primary N) is 1. The Morgan fingerprint density at radius 3 is 2.50 bits per heavy atom. The van der Waals surface area contributed by atoms with Gasteiger partial charge in [-0.3, -0.25) is 4.90 Å². The molecule has 0 aromatic carbocycles. The molecule has 1 saturated carbocycles. The number of hydrogen-bond donors (Lipinski definition) is 1. The zero-order valence-corrected chi connectivity index (χ0v) is 10.3. The monoisotopic (exact) mass is 246 g/mol. The zero-order valence-electron chi connectivity index (χ0n) is 10.3. The molecule has 0 atom stereocenters. The Balaban J connectivity index is 1.66. The molecule has 0 aliphatic heterocycles. The summed E-state index contributed by atoms with van der Waals surface area (Å²) in [6.07, 6.45) is 4.26. The van der Waals surface area contributed by atoms with E-state index in [9.17, 15) is 0 Å². The molecular formula is C14H18N2O2. The van der Waals surface area contributed by atoms with Crippen LogP contribution in [0.25, 0.3) is 0 Å². The van der Waals surface area contributed by atoms with Gasteiger partial charge in [0.2, 0.25) is 0 Å². The maximum Gasteiger partial charge on any atom is 0.118 e. The predicted octanol–water partition coefficient (Wildman–Crippen LogP) is 2.50. The lowest BCUT2D eigenvalue weighted by Gasteiger charge is -2.19. The van der Waals surface area contributed by atoms with Gasteiger partial charge in [-0.25, -0.2) is 0 Å². The van der Waals surface area contributed by atoms with Crippen molar-refractivity contribution in [3.63, 3.8) is 0 Å². The van der Waals surface area contributed by atoms with Gasteiger partial charge in [-0.15, -0.1) is 0 Å². The molecule has 96 valence electrons. The Labute approximate surface area is 106 Å². The van der Waals surface area contributed by atoms with Crippen LogP contribution < -0.4 is 5.73 Å². The third-order valence-corrected chi connectivity index (χ3v) is 3.28. The molecule has 0 amide bonds. The van der Waals surface area contributed by atoms with E-state index >= 15 is 0 Å². The topological polar surface area (TPSA) is 55.5 Å². The van der Waals surface area contributed by atoms with Gasteiger partial charge in [0.05, 0.1) is 25.9 Å². The SMILES string of the molecule is NCc1ccc(CN(Cc2ccco2)C2CC2)o1. The molecule has 0 saturated heterocycles. The van der Waals surface area contributed by atoms with Crippen LogP contribution in [-0.2, 0) is 19.6 Å². The third-order valence-electron chi connectivity index (χ3n) is 3.28. The second-order valence-electron chi connectivity index (χ2n) is 4.79. The molecule has 0 radical (unpaired) electrons. The maximum atomic E-state index is 5.66. The number of rotatable bonds is 6. The van der Waals surface area contributed by atoms with Gasteiger partial charge in [0.1, 0.15) is 17.3 Å². The van der Waals surface area contributed by atoms with Gasteiger partial charge in [-0.2, -0.15) is 0 Å². The fourth-order valence-corrected chi connectivity index (χ4v) is 2.17. The van der Waals surface area contributed by atoms with E-state index in [4.69, 9.17) is 14.6 Å². The maximum absolute atomic E-state index is 5.66. The Morgan fingerprint density at radius 1 is 1.11 bits per heavy atom. The summed E-state index contributed by atoms with van der Waals surface area (Å²) >= 11 is 0. The molecule has 2 heterocycles. The van der Waals surface area contributed by atoms with Crippen molar-refractivity contribution >= 4 is 0 Å². The minimum absolute atomic E-state index is 0.460. The van der Waals surface area contributed by atoms with Crippen LogP contribution >= 0.6 is 0 Å². The average Bonchev–Trinajstić information content (AvgIpc) is 2.92. The van der Waals surface area contributed by atoms with Crippen molar-refractivity contribution < 1.29 is 8.83 Å². The van der Waals surface area contributed by atoms with Gasteiger partial charge < -0.3 is 14.6 Å². The van der Waals surface area contributed by atoms with Crippen LogP contribution in [-0.4, -0.2) is 10.9 Å². The summed E-state index contributed by atoms with van der Waals surface area (Å²) in [6.45, 7) is 2.13. The van der Waals surface area contributed by atoms with Crippen molar-refractivity contribution in [1.82, 2.24) is 4.90 Å². The van der Waals surface area contributed by atoms with Crippen LogP contribution in [0.5, 0.6) is 0 Å². The summed E-state index contributed by atoms with van der Waals surface area (Å²) in [5.41, 5.74) is 5.55.